The number of alkyl halides is 1. The normalized spacial score (nSPS) is 22.9. The van der Waals surface area contributed by atoms with Crippen LogP contribution in [0, 0.1) is 17.2 Å². The van der Waals surface area contributed by atoms with E-state index in [2.05, 4.69) is 20.6 Å². The van der Waals surface area contributed by atoms with Crippen LogP contribution < -0.4 is 15.4 Å². The zero-order chi connectivity index (χ0) is 24.3. The fourth-order valence-electron chi connectivity index (χ4n) is 3.85. The average molecular weight is 469 g/mol. The molecule has 10 nitrogen and oxygen atoms in total. The first-order valence-corrected chi connectivity index (χ1v) is 10.9. The van der Waals surface area contributed by atoms with Crippen molar-refractivity contribution in [1.82, 2.24) is 15.3 Å². The molecule has 3 atom stereocenters. The van der Waals surface area contributed by atoms with Crippen LogP contribution in [0.25, 0.3) is 11.3 Å². The highest BCUT2D eigenvalue weighted by atomic mass is 19.1. The van der Waals surface area contributed by atoms with E-state index >= 15 is 0 Å². The molecule has 1 amide bonds. The lowest BCUT2D eigenvalue weighted by atomic mass is 9.83. The Morgan fingerprint density at radius 2 is 2.15 bits per heavy atom. The summed E-state index contributed by atoms with van der Waals surface area (Å²) < 4.78 is 20.8. The third kappa shape index (κ3) is 4.75. The van der Waals surface area contributed by atoms with Gasteiger partial charge in [0.25, 0.3) is 0 Å². The average Bonchev–Trinajstić information content (AvgIpc) is 3.70. The molecular weight excluding hydrogens is 445 g/mol. The SMILES string of the molecule is N#Cc1cc(-c2cc(NC(=O)C3CC3)ncn2)ccc1O[C@]1(C(=O)[C@@H](O)CO)CCNC[C@H]1F. The summed E-state index contributed by atoms with van der Waals surface area (Å²) in [7, 11) is 0. The molecule has 1 aliphatic carbocycles. The number of nitrogens with one attached hydrogen (secondary N) is 2. The Morgan fingerprint density at radius 1 is 1.35 bits per heavy atom. The van der Waals surface area contributed by atoms with E-state index in [-0.39, 0.29) is 42.6 Å². The van der Waals surface area contributed by atoms with Gasteiger partial charge < -0.3 is 25.6 Å². The first-order chi connectivity index (χ1) is 16.4. The number of aliphatic hydroxyl groups excluding tert-OH is 2. The quantitative estimate of drug-likeness (QED) is 0.437. The second-order valence-corrected chi connectivity index (χ2v) is 8.35. The standard InChI is InChI=1S/C23H24FN5O5/c24-19-10-26-6-5-23(19,21(32)17(31)11-30)34-18-4-3-14(7-15(18)9-25)16-8-20(28-12-27-16)29-22(33)13-1-2-13/h3-4,7-8,12-13,17,19,26,30-31H,1-2,5-6,10-11H2,(H,27,28,29,33)/t17-,19+,23+/m0/s1. The fourth-order valence-corrected chi connectivity index (χ4v) is 3.85. The molecule has 0 bridgehead atoms. The topological polar surface area (TPSA) is 157 Å². The van der Waals surface area contributed by atoms with Crippen LogP contribution in [0.15, 0.2) is 30.6 Å². The number of benzene rings is 1. The van der Waals surface area contributed by atoms with Crippen LogP contribution in [0.4, 0.5) is 10.2 Å². The van der Waals surface area contributed by atoms with Crippen molar-refractivity contribution in [2.75, 3.05) is 25.0 Å². The highest BCUT2D eigenvalue weighted by molar-refractivity contribution is 5.94. The lowest BCUT2D eigenvalue weighted by molar-refractivity contribution is -0.154. The Bertz CT molecular complexity index is 1130. The van der Waals surface area contributed by atoms with Crippen LogP contribution in [0.3, 0.4) is 0 Å². The predicted octanol–water partition coefficient (Wildman–Crippen LogP) is 0.735. The van der Waals surface area contributed by atoms with Crippen LogP contribution in [-0.2, 0) is 9.59 Å². The summed E-state index contributed by atoms with van der Waals surface area (Å²) in [5.74, 6) is -0.782. The maximum Gasteiger partial charge on any atom is 0.228 e. The Kier molecular flexibility index (Phi) is 6.83. The zero-order valence-electron chi connectivity index (χ0n) is 18.2. The summed E-state index contributed by atoms with van der Waals surface area (Å²) in [6.07, 6.45) is -0.710. The Labute approximate surface area is 194 Å². The molecule has 0 unspecified atom stereocenters. The molecule has 1 aliphatic heterocycles. The molecular formula is C23H24FN5O5. The highest BCUT2D eigenvalue weighted by Crippen LogP contribution is 2.35. The fraction of sp³-hybridized carbons (Fsp3) is 0.435. The summed E-state index contributed by atoms with van der Waals surface area (Å²) in [6.45, 7) is -0.803. The van der Waals surface area contributed by atoms with Gasteiger partial charge in [0.15, 0.2) is 6.17 Å². The molecule has 2 aromatic rings. The van der Waals surface area contributed by atoms with Gasteiger partial charge in [-0.1, -0.05) is 0 Å². The number of ether oxygens (including phenoxy) is 1. The zero-order valence-corrected chi connectivity index (χ0v) is 18.2. The number of carbonyl (C=O) groups excluding carboxylic acids is 2. The summed E-state index contributed by atoms with van der Waals surface area (Å²) in [5, 5.41) is 34.4. The van der Waals surface area contributed by atoms with Crippen LogP contribution >= 0.6 is 0 Å². The number of Topliss-reactive ketones (excluding diaryl/α,β-unsaturated/α-hetero) is 1. The van der Waals surface area contributed by atoms with E-state index in [0.717, 1.165) is 12.8 Å². The number of hydrogen-bond acceptors (Lipinski definition) is 9. The van der Waals surface area contributed by atoms with Crippen LogP contribution in [0.1, 0.15) is 24.8 Å². The highest BCUT2D eigenvalue weighted by Gasteiger charge is 2.52. The van der Waals surface area contributed by atoms with Gasteiger partial charge >= 0.3 is 0 Å². The number of ketones is 1. The Balaban J connectivity index is 1.62. The number of nitrogens with zero attached hydrogens (tertiary/aromatic N) is 3. The lowest BCUT2D eigenvalue weighted by Crippen LogP contribution is -2.63. The van der Waals surface area contributed by atoms with Crippen LogP contribution in [0.5, 0.6) is 5.75 Å². The molecule has 178 valence electrons. The molecule has 2 heterocycles. The largest absolute Gasteiger partial charge is 0.475 e. The summed E-state index contributed by atoms with van der Waals surface area (Å²) in [6, 6.07) is 8.03. The molecule has 2 aliphatic rings. The number of aromatic nitrogens is 2. The van der Waals surface area contributed by atoms with Crippen molar-refractivity contribution in [3.63, 3.8) is 0 Å². The van der Waals surface area contributed by atoms with Gasteiger partial charge in [-0.25, -0.2) is 14.4 Å². The summed E-state index contributed by atoms with van der Waals surface area (Å²) >= 11 is 0. The summed E-state index contributed by atoms with van der Waals surface area (Å²) in [5.41, 5.74) is -1.06. The van der Waals surface area contributed by atoms with E-state index < -0.39 is 30.3 Å². The van der Waals surface area contributed by atoms with Gasteiger partial charge in [-0.05, 0) is 37.6 Å². The number of piperidine rings is 1. The molecule has 4 N–H and O–H groups in total. The van der Waals surface area contributed by atoms with E-state index in [1.54, 1.807) is 12.1 Å². The van der Waals surface area contributed by atoms with Gasteiger partial charge in [-0.2, -0.15) is 5.26 Å². The smallest absolute Gasteiger partial charge is 0.228 e. The molecule has 1 saturated carbocycles. The number of hydrogen-bond donors (Lipinski definition) is 4. The Morgan fingerprint density at radius 3 is 2.82 bits per heavy atom. The second kappa shape index (κ2) is 9.80. The van der Waals surface area contributed by atoms with Gasteiger partial charge in [-0.3, -0.25) is 9.59 Å². The van der Waals surface area contributed by atoms with Gasteiger partial charge in [0.05, 0.1) is 17.9 Å². The number of rotatable bonds is 8. The minimum Gasteiger partial charge on any atom is -0.475 e. The van der Waals surface area contributed by atoms with Crippen molar-refractivity contribution < 1.29 is 28.9 Å². The van der Waals surface area contributed by atoms with Crippen molar-refractivity contribution in [3.8, 4) is 23.1 Å². The van der Waals surface area contributed by atoms with Gasteiger partial charge in [-0.15, -0.1) is 0 Å². The van der Waals surface area contributed by atoms with Crippen molar-refractivity contribution in [2.45, 2.75) is 37.1 Å². The molecule has 4 rings (SSSR count). The van der Waals surface area contributed by atoms with Gasteiger partial charge in [0.1, 0.15) is 30.1 Å². The molecule has 1 aromatic carbocycles. The van der Waals surface area contributed by atoms with Crippen LogP contribution in [-0.4, -0.2) is 69.4 Å². The van der Waals surface area contributed by atoms with Crippen molar-refractivity contribution in [3.05, 3.63) is 36.2 Å². The first kappa shape index (κ1) is 23.7. The van der Waals surface area contributed by atoms with E-state index in [0.29, 0.717) is 17.1 Å². The van der Waals surface area contributed by atoms with E-state index in [4.69, 9.17) is 4.74 Å². The molecule has 0 spiro atoms. The predicted molar refractivity (Wildman–Crippen MR) is 117 cm³/mol. The van der Waals surface area contributed by atoms with Crippen LogP contribution in [0.2, 0.25) is 0 Å². The molecule has 11 heteroatoms. The Hall–Kier alpha value is -3.46. The van der Waals surface area contributed by atoms with E-state index in [9.17, 15) is 29.5 Å². The molecule has 0 radical (unpaired) electrons. The number of carbonyl (C=O) groups is 2. The van der Waals surface area contributed by atoms with Crippen molar-refractivity contribution >= 4 is 17.5 Å². The molecule has 1 aromatic heterocycles. The minimum absolute atomic E-state index is 0.00809. The maximum atomic E-state index is 15.0. The number of halogens is 1. The monoisotopic (exact) mass is 469 g/mol. The number of amides is 1. The van der Waals surface area contributed by atoms with E-state index in [1.165, 1.54) is 18.5 Å². The van der Waals surface area contributed by atoms with Crippen molar-refractivity contribution in [1.29, 1.82) is 5.26 Å². The third-order valence-electron chi connectivity index (χ3n) is 5.95. The summed E-state index contributed by atoms with van der Waals surface area (Å²) in [4.78, 5) is 33.0. The molecule has 1 saturated heterocycles. The number of anilines is 1. The lowest BCUT2D eigenvalue weighted by Gasteiger charge is -2.40. The molecule has 34 heavy (non-hydrogen) atoms. The first-order valence-electron chi connectivity index (χ1n) is 10.9. The maximum absolute atomic E-state index is 15.0. The van der Waals surface area contributed by atoms with Gasteiger partial charge in [0, 0.05) is 30.5 Å². The van der Waals surface area contributed by atoms with E-state index in [1.807, 2.05) is 6.07 Å². The number of aliphatic hydroxyl groups is 2. The minimum atomic E-state index is -2.05. The number of nitriles is 1. The van der Waals surface area contributed by atoms with Gasteiger partial charge in [0.2, 0.25) is 17.3 Å². The molecule has 2 fully saturated rings. The third-order valence-corrected chi connectivity index (χ3v) is 5.95. The second-order valence-electron chi connectivity index (χ2n) is 8.35. The van der Waals surface area contributed by atoms with Crippen molar-refractivity contribution in [2.24, 2.45) is 5.92 Å².